The molecule has 1 aliphatic heterocycles. The van der Waals surface area contributed by atoms with Gasteiger partial charge in [0.05, 0.1) is 31.3 Å². The second kappa shape index (κ2) is 8.91. The molecule has 37 heavy (non-hydrogen) atoms. The van der Waals surface area contributed by atoms with Crippen molar-refractivity contribution in [3.63, 3.8) is 0 Å². The predicted octanol–water partition coefficient (Wildman–Crippen LogP) is 6.61. The molecule has 182 valence electrons. The van der Waals surface area contributed by atoms with Crippen LogP contribution >= 0.6 is 0 Å². The fourth-order valence-electron chi connectivity index (χ4n) is 4.81. The smallest absolute Gasteiger partial charge is 0.124 e. The van der Waals surface area contributed by atoms with Crippen LogP contribution in [0.25, 0.3) is 33.8 Å². The van der Waals surface area contributed by atoms with Gasteiger partial charge >= 0.3 is 0 Å². The van der Waals surface area contributed by atoms with Crippen molar-refractivity contribution in [2.75, 3.05) is 14.2 Å². The molecule has 0 atom stereocenters. The number of methoxy groups -OCH3 is 2. The van der Waals surface area contributed by atoms with E-state index in [2.05, 4.69) is 4.98 Å². The Morgan fingerprint density at radius 3 is 2.03 bits per heavy atom. The highest BCUT2D eigenvalue weighted by Crippen LogP contribution is 2.41. The van der Waals surface area contributed by atoms with E-state index >= 15 is 0 Å². The van der Waals surface area contributed by atoms with E-state index in [1.165, 1.54) is 0 Å². The third-order valence-corrected chi connectivity index (χ3v) is 6.65. The lowest BCUT2D eigenvalue weighted by atomic mass is 9.98. The van der Waals surface area contributed by atoms with Gasteiger partial charge in [-0.2, -0.15) is 0 Å². The van der Waals surface area contributed by atoms with E-state index in [0.29, 0.717) is 22.6 Å². The number of fused-ring (bicyclic) bond motifs is 2. The minimum absolute atomic E-state index is 0.163. The first-order valence-corrected chi connectivity index (χ1v) is 11.8. The topological polar surface area (TPSA) is 87.1 Å². The average molecular weight is 489 g/mol. The highest BCUT2D eigenvalue weighted by Gasteiger charge is 2.25. The number of ether oxygens (including phenoxy) is 2. The average Bonchev–Trinajstić information content (AvgIpc) is 3.46. The Morgan fingerprint density at radius 1 is 0.676 bits per heavy atom. The van der Waals surface area contributed by atoms with Gasteiger partial charge in [0.2, 0.25) is 0 Å². The lowest BCUT2D eigenvalue weighted by molar-refractivity contribution is 0.414. The lowest BCUT2D eigenvalue weighted by Gasteiger charge is -2.07. The van der Waals surface area contributed by atoms with Crippen molar-refractivity contribution < 1.29 is 19.7 Å². The summed E-state index contributed by atoms with van der Waals surface area (Å²) in [4.78, 5) is 8.48. The number of aliphatic imine (C=N–C) groups is 1. The fourth-order valence-corrected chi connectivity index (χ4v) is 4.81. The number of H-pyrrole nitrogens is 1. The number of para-hydroxylation sites is 2. The summed E-state index contributed by atoms with van der Waals surface area (Å²) in [5, 5.41) is 23.0. The van der Waals surface area contributed by atoms with Crippen molar-refractivity contribution in [3.05, 3.63) is 107 Å². The molecule has 0 unspecified atom stereocenters. The maximum Gasteiger partial charge on any atom is 0.124 e. The van der Waals surface area contributed by atoms with Crippen molar-refractivity contribution in [2.45, 2.75) is 0 Å². The number of phenolic OH excluding ortho intramolecular Hbond substituents is 2. The van der Waals surface area contributed by atoms with E-state index in [1.807, 2.05) is 66.7 Å². The van der Waals surface area contributed by atoms with Crippen LogP contribution in [-0.2, 0) is 0 Å². The molecular formula is C31H24N2O4. The van der Waals surface area contributed by atoms with Crippen LogP contribution in [0, 0.1) is 0 Å². The summed E-state index contributed by atoms with van der Waals surface area (Å²) in [6.07, 6.45) is 2.00. The normalized spacial score (nSPS) is 13.6. The molecule has 0 aliphatic carbocycles. The van der Waals surface area contributed by atoms with Crippen LogP contribution in [0.3, 0.4) is 0 Å². The number of aromatic hydroxyl groups is 2. The SMILES string of the molecule is COc1ccc2c(c1)C(c1ccccc1O)=N/C2=C\c1[nH]c(-c2ccccc2O)c2cc(OC)ccc12. The molecule has 4 aromatic carbocycles. The quantitative estimate of drug-likeness (QED) is 0.260. The van der Waals surface area contributed by atoms with E-state index in [1.54, 1.807) is 38.5 Å². The number of hydrogen-bond acceptors (Lipinski definition) is 5. The molecule has 6 heteroatoms. The van der Waals surface area contributed by atoms with Crippen LogP contribution < -0.4 is 9.47 Å². The highest BCUT2D eigenvalue weighted by atomic mass is 16.5. The molecule has 0 saturated heterocycles. The van der Waals surface area contributed by atoms with E-state index in [0.717, 1.165) is 44.7 Å². The van der Waals surface area contributed by atoms with Gasteiger partial charge in [-0.25, -0.2) is 4.99 Å². The number of nitrogens with zero attached hydrogens (tertiary/aromatic N) is 1. The third kappa shape index (κ3) is 3.79. The number of aromatic nitrogens is 1. The van der Waals surface area contributed by atoms with Crippen LogP contribution in [0.1, 0.15) is 22.4 Å². The van der Waals surface area contributed by atoms with Crippen LogP contribution in [-0.4, -0.2) is 35.1 Å². The monoisotopic (exact) mass is 488 g/mol. The number of phenols is 2. The molecule has 2 heterocycles. The number of benzene rings is 4. The minimum atomic E-state index is 0.163. The maximum absolute atomic E-state index is 10.6. The van der Waals surface area contributed by atoms with Gasteiger partial charge in [-0.05, 0) is 66.7 Å². The Balaban J connectivity index is 1.58. The van der Waals surface area contributed by atoms with Crippen molar-refractivity contribution in [3.8, 4) is 34.3 Å². The predicted molar refractivity (Wildman–Crippen MR) is 147 cm³/mol. The summed E-state index contributed by atoms with van der Waals surface area (Å²) >= 11 is 0. The number of rotatable bonds is 5. The molecule has 1 aromatic heterocycles. The van der Waals surface area contributed by atoms with Crippen LogP contribution in [0.15, 0.2) is 89.9 Å². The van der Waals surface area contributed by atoms with Gasteiger partial charge in [0, 0.05) is 38.7 Å². The molecule has 0 saturated carbocycles. The Hall–Kier alpha value is -4.97. The van der Waals surface area contributed by atoms with Gasteiger partial charge in [-0.1, -0.05) is 24.3 Å². The summed E-state index contributed by atoms with van der Waals surface area (Å²) in [7, 11) is 3.26. The van der Waals surface area contributed by atoms with E-state index in [9.17, 15) is 10.2 Å². The molecule has 0 fully saturated rings. The minimum Gasteiger partial charge on any atom is -0.507 e. The molecule has 6 nitrogen and oxygen atoms in total. The van der Waals surface area contributed by atoms with E-state index in [4.69, 9.17) is 14.5 Å². The zero-order valence-electron chi connectivity index (χ0n) is 20.3. The number of nitrogens with one attached hydrogen (secondary N) is 1. The van der Waals surface area contributed by atoms with Crippen molar-refractivity contribution in [1.29, 1.82) is 0 Å². The Kier molecular flexibility index (Phi) is 5.42. The largest absolute Gasteiger partial charge is 0.507 e. The summed E-state index contributed by atoms with van der Waals surface area (Å²) in [5.74, 6) is 1.78. The first kappa shape index (κ1) is 22.5. The fraction of sp³-hybridized carbons (Fsp3) is 0.0645. The maximum atomic E-state index is 10.6. The molecular weight excluding hydrogens is 464 g/mol. The molecule has 0 bridgehead atoms. The summed E-state index contributed by atoms with van der Waals surface area (Å²) < 4.78 is 11.0. The van der Waals surface area contributed by atoms with Crippen LogP contribution in [0.5, 0.6) is 23.0 Å². The first-order chi connectivity index (χ1) is 18.1. The zero-order chi connectivity index (χ0) is 25.5. The highest BCUT2D eigenvalue weighted by molar-refractivity contribution is 6.23. The second-order valence-electron chi connectivity index (χ2n) is 8.76. The van der Waals surface area contributed by atoms with Gasteiger partial charge < -0.3 is 24.7 Å². The standard InChI is InChI=1S/C31H24N2O4/c1-36-18-11-13-20-24(15-18)30(22-7-3-5-9-28(22)34)32-26(20)17-27-21-14-12-19(37-2)16-25(21)31(33-27)23-8-4-6-10-29(23)35/h3-17,32,34-35H,1-2H3/b27-17-. The number of aromatic amines is 1. The van der Waals surface area contributed by atoms with Gasteiger partial charge in [-0.15, -0.1) is 0 Å². The van der Waals surface area contributed by atoms with Gasteiger partial charge in [0.1, 0.15) is 23.0 Å². The van der Waals surface area contributed by atoms with Crippen molar-refractivity contribution >= 4 is 28.3 Å². The first-order valence-electron chi connectivity index (χ1n) is 11.8. The van der Waals surface area contributed by atoms with Gasteiger partial charge in [0.25, 0.3) is 0 Å². The molecule has 1 aliphatic rings. The molecule has 0 radical (unpaired) electrons. The van der Waals surface area contributed by atoms with Crippen LogP contribution in [0.4, 0.5) is 0 Å². The molecule has 0 spiro atoms. The summed E-state index contributed by atoms with van der Waals surface area (Å²) in [5.41, 5.74) is 6.21. The lowest BCUT2D eigenvalue weighted by Crippen LogP contribution is -2.01. The summed E-state index contributed by atoms with van der Waals surface area (Å²) in [6, 6.07) is 26.1. The second-order valence-corrected chi connectivity index (χ2v) is 8.76. The van der Waals surface area contributed by atoms with Crippen molar-refractivity contribution in [2.24, 2.45) is 4.99 Å². The third-order valence-electron chi connectivity index (χ3n) is 6.65. The van der Waals surface area contributed by atoms with E-state index < -0.39 is 0 Å². The Labute approximate surface area is 213 Å². The van der Waals surface area contributed by atoms with Gasteiger partial charge in [-0.3, -0.25) is 0 Å². The Morgan fingerprint density at radius 2 is 1.32 bits per heavy atom. The Bertz CT molecular complexity index is 1730. The zero-order valence-corrected chi connectivity index (χ0v) is 20.3. The molecule has 0 amide bonds. The van der Waals surface area contributed by atoms with E-state index in [-0.39, 0.29) is 11.5 Å². The number of hydrogen-bond donors (Lipinski definition) is 3. The summed E-state index contributed by atoms with van der Waals surface area (Å²) in [6.45, 7) is 0. The van der Waals surface area contributed by atoms with Crippen LogP contribution in [0.2, 0.25) is 0 Å². The molecule has 6 rings (SSSR count). The van der Waals surface area contributed by atoms with Gasteiger partial charge in [0.15, 0.2) is 0 Å². The molecule has 3 N–H and O–H groups in total. The molecule has 5 aromatic rings. The van der Waals surface area contributed by atoms with Crippen molar-refractivity contribution in [1.82, 2.24) is 4.98 Å².